The van der Waals surface area contributed by atoms with Crippen LogP contribution in [0.2, 0.25) is 0 Å². The molecule has 22 heavy (non-hydrogen) atoms. The first kappa shape index (κ1) is 15.3. The number of ether oxygens (including phenoxy) is 1. The Kier molecular flexibility index (Phi) is 4.35. The molecule has 1 fully saturated rings. The van der Waals surface area contributed by atoms with E-state index < -0.39 is 10.0 Å². The van der Waals surface area contributed by atoms with Crippen LogP contribution < -0.4 is 4.72 Å². The molecule has 1 aliphatic heterocycles. The molecule has 2 aliphatic rings. The molecule has 1 aliphatic carbocycles. The van der Waals surface area contributed by atoms with Crippen molar-refractivity contribution in [2.75, 3.05) is 26.2 Å². The summed E-state index contributed by atoms with van der Waals surface area (Å²) in [6.45, 7) is 1.40. The summed E-state index contributed by atoms with van der Waals surface area (Å²) in [6, 6.07) is 5.36. The van der Waals surface area contributed by atoms with Gasteiger partial charge < -0.3 is 9.64 Å². The number of amides is 1. The minimum Gasteiger partial charge on any atom is -0.448 e. The number of rotatable bonds is 5. The Hall–Kier alpha value is -1.60. The average Bonchev–Trinajstić information content (AvgIpc) is 2.92. The van der Waals surface area contributed by atoms with Crippen molar-refractivity contribution in [3.05, 3.63) is 29.3 Å². The molecule has 3 rings (SSSR count). The van der Waals surface area contributed by atoms with Crippen LogP contribution in [0.1, 0.15) is 24.0 Å². The lowest BCUT2D eigenvalue weighted by Gasteiger charge is -2.17. The topological polar surface area (TPSA) is 75.7 Å². The Morgan fingerprint density at radius 3 is 2.68 bits per heavy atom. The van der Waals surface area contributed by atoms with Crippen molar-refractivity contribution in [2.24, 2.45) is 0 Å². The third-order valence-electron chi connectivity index (χ3n) is 4.15. The Bertz CT molecular complexity index is 672. The smallest absolute Gasteiger partial charge is 0.409 e. The van der Waals surface area contributed by atoms with Gasteiger partial charge in [-0.25, -0.2) is 17.9 Å². The lowest BCUT2D eigenvalue weighted by Crippen LogP contribution is -2.35. The van der Waals surface area contributed by atoms with Crippen LogP contribution in [-0.4, -0.2) is 45.7 Å². The number of nitrogens with zero attached hydrogens (tertiary/aromatic N) is 1. The molecule has 7 heteroatoms. The molecule has 1 amide bonds. The zero-order valence-corrected chi connectivity index (χ0v) is 13.2. The van der Waals surface area contributed by atoms with Crippen LogP contribution >= 0.6 is 0 Å². The fourth-order valence-corrected chi connectivity index (χ4v) is 3.98. The van der Waals surface area contributed by atoms with Gasteiger partial charge >= 0.3 is 6.09 Å². The molecule has 1 heterocycles. The second-order valence-corrected chi connectivity index (χ2v) is 7.40. The molecule has 1 saturated heterocycles. The quantitative estimate of drug-likeness (QED) is 0.886. The van der Waals surface area contributed by atoms with Gasteiger partial charge in [0, 0.05) is 13.1 Å². The van der Waals surface area contributed by atoms with Crippen molar-refractivity contribution >= 4 is 16.1 Å². The predicted octanol–water partition coefficient (Wildman–Crippen LogP) is 1.30. The summed E-state index contributed by atoms with van der Waals surface area (Å²) in [5.41, 5.74) is 2.39. The van der Waals surface area contributed by atoms with Crippen LogP contribution in [0.3, 0.4) is 0 Å². The molecule has 0 unspecified atom stereocenters. The zero-order valence-electron chi connectivity index (χ0n) is 12.4. The van der Waals surface area contributed by atoms with Crippen LogP contribution in [0.25, 0.3) is 0 Å². The second kappa shape index (κ2) is 6.26. The van der Waals surface area contributed by atoms with Crippen molar-refractivity contribution in [1.82, 2.24) is 9.62 Å². The summed E-state index contributed by atoms with van der Waals surface area (Å²) >= 11 is 0. The highest BCUT2D eigenvalue weighted by molar-refractivity contribution is 7.89. The van der Waals surface area contributed by atoms with Gasteiger partial charge in [0.15, 0.2) is 0 Å². The minimum absolute atomic E-state index is 0.189. The molecule has 0 spiro atoms. The number of benzene rings is 1. The summed E-state index contributed by atoms with van der Waals surface area (Å²) in [5, 5.41) is 0. The fraction of sp³-hybridized carbons (Fsp3) is 0.533. The molecule has 0 atom stereocenters. The standard InChI is InChI=1S/C15H20N2O4S/c18-15-17(9-10-21-15)8-7-16-22(19,20)14-6-5-12-3-1-2-4-13(12)11-14/h5-6,11,16H,1-4,7-10H2. The molecule has 0 radical (unpaired) electrons. The van der Waals surface area contributed by atoms with Gasteiger partial charge in [0.1, 0.15) is 6.61 Å². The highest BCUT2D eigenvalue weighted by Gasteiger charge is 2.22. The molecule has 1 aromatic carbocycles. The molecule has 0 saturated carbocycles. The van der Waals surface area contributed by atoms with Crippen molar-refractivity contribution in [1.29, 1.82) is 0 Å². The lowest BCUT2D eigenvalue weighted by molar-refractivity contribution is 0.159. The SMILES string of the molecule is O=C1OCCN1CCNS(=O)(=O)c1ccc2c(c1)CCCC2. The van der Waals surface area contributed by atoms with E-state index in [0.717, 1.165) is 24.8 Å². The third kappa shape index (κ3) is 3.25. The molecule has 6 nitrogen and oxygen atoms in total. The largest absolute Gasteiger partial charge is 0.448 e. The maximum absolute atomic E-state index is 12.3. The summed E-state index contributed by atoms with van der Waals surface area (Å²) in [5.74, 6) is 0. The number of hydrogen-bond donors (Lipinski definition) is 1. The highest BCUT2D eigenvalue weighted by atomic mass is 32.2. The normalized spacial score (nSPS) is 18.2. The fourth-order valence-electron chi connectivity index (χ4n) is 2.90. The summed E-state index contributed by atoms with van der Waals surface area (Å²) < 4.78 is 32.0. The summed E-state index contributed by atoms with van der Waals surface area (Å²) in [6.07, 6.45) is 3.87. The van der Waals surface area contributed by atoms with Gasteiger partial charge in [0.25, 0.3) is 0 Å². The predicted molar refractivity (Wildman–Crippen MR) is 81.2 cm³/mol. The van der Waals surface area contributed by atoms with E-state index in [1.54, 1.807) is 12.1 Å². The van der Waals surface area contributed by atoms with E-state index in [1.165, 1.54) is 16.9 Å². The van der Waals surface area contributed by atoms with Crippen LogP contribution in [-0.2, 0) is 27.6 Å². The van der Waals surface area contributed by atoms with Crippen LogP contribution in [0.5, 0.6) is 0 Å². The van der Waals surface area contributed by atoms with Crippen LogP contribution in [0.4, 0.5) is 4.79 Å². The maximum Gasteiger partial charge on any atom is 0.409 e. The Morgan fingerprint density at radius 2 is 1.95 bits per heavy atom. The van der Waals surface area contributed by atoms with E-state index in [4.69, 9.17) is 4.74 Å². The summed E-state index contributed by atoms with van der Waals surface area (Å²) in [4.78, 5) is 13.1. The van der Waals surface area contributed by atoms with E-state index in [1.807, 2.05) is 6.07 Å². The monoisotopic (exact) mass is 324 g/mol. The number of aryl methyl sites for hydroxylation is 2. The first-order valence-corrected chi connectivity index (χ1v) is 9.08. The number of sulfonamides is 1. The van der Waals surface area contributed by atoms with Crippen molar-refractivity contribution in [2.45, 2.75) is 30.6 Å². The molecule has 0 aromatic heterocycles. The van der Waals surface area contributed by atoms with Crippen molar-refractivity contribution < 1.29 is 17.9 Å². The number of cyclic esters (lactones) is 1. The van der Waals surface area contributed by atoms with Gasteiger partial charge in [-0.3, -0.25) is 0 Å². The van der Waals surface area contributed by atoms with Gasteiger partial charge in [-0.05, 0) is 48.9 Å². The minimum atomic E-state index is -3.53. The maximum atomic E-state index is 12.3. The van der Waals surface area contributed by atoms with Gasteiger partial charge in [0.05, 0.1) is 11.4 Å². The average molecular weight is 324 g/mol. The van der Waals surface area contributed by atoms with Crippen molar-refractivity contribution in [3.8, 4) is 0 Å². The summed E-state index contributed by atoms with van der Waals surface area (Å²) in [7, 11) is -3.53. The Labute approximate surface area is 130 Å². The Balaban J connectivity index is 1.63. The Morgan fingerprint density at radius 1 is 1.18 bits per heavy atom. The number of carbonyl (C=O) groups is 1. The number of hydrogen-bond acceptors (Lipinski definition) is 4. The first-order valence-electron chi connectivity index (χ1n) is 7.59. The number of nitrogens with one attached hydrogen (secondary N) is 1. The van der Waals surface area contributed by atoms with Gasteiger partial charge in [-0.1, -0.05) is 6.07 Å². The van der Waals surface area contributed by atoms with E-state index in [9.17, 15) is 13.2 Å². The van der Waals surface area contributed by atoms with Crippen LogP contribution in [0.15, 0.2) is 23.1 Å². The molecular formula is C15H20N2O4S. The zero-order chi connectivity index (χ0) is 15.6. The molecule has 1 aromatic rings. The molecule has 1 N–H and O–H groups in total. The molecule has 120 valence electrons. The van der Waals surface area contributed by atoms with Gasteiger partial charge in [-0.2, -0.15) is 0 Å². The molecule has 0 bridgehead atoms. The second-order valence-electron chi connectivity index (χ2n) is 5.64. The highest BCUT2D eigenvalue weighted by Crippen LogP contribution is 2.23. The molecular weight excluding hydrogens is 304 g/mol. The number of carbonyl (C=O) groups excluding carboxylic acids is 1. The van der Waals surface area contributed by atoms with Gasteiger partial charge in [-0.15, -0.1) is 0 Å². The van der Waals surface area contributed by atoms with Crippen molar-refractivity contribution in [3.63, 3.8) is 0 Å². The van der Waals surface area contributed by atoms with Crippen LogP contribution in [0, 0.1) is 0 Å². The lowest BCUT2D eigenvalue weighted by atomic mass is 9.92. The van der Waals surface area contributed by atoms with E-state index in [-0.39, 0.29) is 12.6 Å². The van der Waals surface area contributed by atoms with Gasteiger partial charge in [0.2, 0.25) is 10.0 Å². The van der Waals surface area contributed by atoms with E-state index in [2.05, 4.69) is 4.72 Å². The third-order valence-corrected chi connectivity index (χ3v) is 5.61. The number of fused-ring (bicyclic) bond motifs is 1. The first-order chi connectivity index (χ1) is 10.6. The van der Waals surface area contributed by atoms with E-state index >= 15 is 0 Å². The van der Waals surface area contributed by atoms with E-state index in [0.29, 0.717) is 24.6 Å².